The Morgan fingerprint density at radius 3 is 2.93 bits per heavy atom. The van der Waals surface area contributed by atoms with Crippen LogP contribution >= 0.6 is 0 Å². The number of nitrogens with one attached hydrogen (secondary N) is 1. The summed E-state index contributed by atoms with van der Waals surface area (Å²) in [5.41, 5.74) is 0.644. The van der Waals surface area contributed by atoms with Crippen molar-refractivity contribution in [1.29, 1.82) is 0 Å². The van der Waals surface area contributed by atoms with E-state index >= 15 is 0 Å². The Balaban J connectivity index is 2.67. The topological polar surface area (TPSA) is 62.5 Å². The highest BCUT2D eigenvalue weighted by Crippen LogP contribution is 2.14. The highest BCUT2D eigenvalue weighted by atomic mass is 16.4. The minimum Gasteiger partial charge on any atom is -0.475 e. The van der Waals surface area contributed by atoms with E-state index in [0.717, 1.165) is 0 Å². The summed E-state index contributed by atoms with van der Waals surface area (Å²) < 4.78 is 5.17. The van der Waals surface area contributed by atoms with E-state index in [-0.39, 0.29) is 11.8 Å². The molecule has 0 radical (unpaired) electrons. The second kappa shape index (κ2) is 4.79. The fourth-order valence-corrected chi connectivity index (χ4v) is 1.19. The molecular formula is C11H15NO3. The predicted octanol–water partition coefficient (Wildman–Crippen LogP) is 1.95. The van der Waals surface area contributed by atoms with Crippen LogP contribution in [0.1, 0.15) is 28.8 Å². The third kappa shape index (κ3) is 2.95. The molecule has 2 N–H and O–H groups in total. The highest BCUT2D eigenvalue weighted by Gasteiger charge is 2.13. The van der Waals surface area contributed by atoms with Gasteiger partial charge in [-0.3, -0.25) is 0 Å². The van der Waals surface area contributed by atoms with E-state index in [1.54, 1.807) is 19.1 Å². The van der Waals surface area contributed by atoms with E-state index in [4.69, 9.17) is 9.52 Å². The van der Waals surface area contributed by atoms with Crippen molar-refractivity contribution in [2.45, 2.75) is 26.4 Å². The fourth-order valence-electron chi connectivity index (χ4n) is 1.19. The molecule has 0 saturated heterocycles. The van der Waals surface area contributed by atoms with Gasteiger partial charge in [-0.15, -0.1) is 6.58 Å². The SMILES string of the molecule is C=CC(C)NCc1cc(C)c(C(=O)O)o1. The molecule has 0 saturated carbocycles. The molecule has 1 atom stereocenters. The van der Waals surface area contributed by atoms with Gasteiger partial charge in [-0.2, -0.15) is 0 Å². The third-order valence-corrected chi connectivity index (χ3v) is 2.11. The molecule has 0 aliphatic heterocycles. The van der Waals surface area contributed by atoms with Crippen LogP contribution in [0.4, 0.5) is 0 Å². The van der Waals surface area contributed by atoms with Crippen LogP contribution < -0.4 is 5.32 Å². The van der Waals surface area contributed by atoms with Crippen molar-refractivity contribution in [1.82, 2.24) is 5.32 Å². The van der Waals surface area contributed by atoms with Crippen molar-refractivity contribution in [3.63, 3.8) is 0 Å². The summed E-state index contributed by atoms with van der Waals surface area (Å²) in [5.74, 6) is -0.396. The maximum Gasteiger partial charge on any atom is 0.372 e. The summed E-state index contributed by atoms with van der Waals surface area (Å²) in [6, 6.07) is 1.90. The normalized spacial score (nSPS) is 12.4. The predicted molar refractivity (Wildman–Crippen MR) is 56.9 cm³/mol. The maximum absolute atomic E-state index is 10.7. The molecule has 0 aromatic carbocycles. The quantitative estimate of drug-likeness (QED) is 0.727. The number of rotatable bonds is 5. The first kappa shape index (κ1) is 11.5. The lowest BCUT2D eigenvalue weighted by Crippen LogP contribution is -2.22. The first-order valence-electron chi connectivity index (χ1n) is 4.73. The van der Waals surface area contributed by atoms with Crippen molar-refractivity contribution in [3.8, 4) is 0 Å². The van der Waals surface area contributed by atoms with E-state index in [1.807, 2.05) is 6.92 Å². The second-order valence-corrected chi connectivity index (χ2v) is 3.44. The second-order valence-electron chi connectivity index (χ2n) is 3.44. The Bertz CT molecular complexity index is 368. The number of hydrogen-bond acceptors (Lipinski definition) is 3. The smallest absolute Gasteiger partial charge is 0.372 e. The van der Waals surface area contributed by atoms with Gasteiger partial charge in [0.15, 0.2) is 0 Å². The van der Waals surface area contributed by atoms with Gasteiger partial charge in [0.05, 0.1) is 6.54 Å². The van der Waals surface area contributed by atoms with Crippen LogP contribution in [0, 0.1) is 6.92 Å². The van der Waals surface area contributed by atoms with Gasteiger partial charge in [0.2, 0.25) is 5.76 Å². The summed E-state index contributed by atoms with van der Waals surface area (Å²) in [6.07, 6.45) is 1.77. The third-order valence-electron chi connectivity index (χ3n) is 2.11. The van der Waals surface area contributed by atoms with Gasteiger partial charge >= 0.3 is 5.97 Å². The summed E-state index contributed by atoms with van der Waals surface area (Å²) >= 11 is 0. The average molecular weight is 209 g/mol. The molecule has 0 aliphatic carbocycles. The Hall–Kier alpha value is -1.55. The van der Waals surface area contributed by atoms with Crippen molar-refractivity contribution >= 4 is 5.97 Å². The van der Waals surface area contributed by atoms with E-state index in [0.29, 0.717) is 17.9 Å². The molecule has 4 nitrogen and oxygen atoms in total. The zero-order valence-electron chi connectivity index (χ0n) is 8.91. The van der Waals surface area contributed by atoms with Gasteiger partial charge < -0.3 is 14.8 Å². The van der Waals surface area contributed by atoms with Crippen LogP contribution in [-0.2, 0) is 6.54 Å². The van der Waals surface area contributed by atoms with Crippen LogP contribution in [0.5, 0.6) is 0 Å². The van der Waals surface area contributed by atoms with Gasteiger partial charge in [-0.25, -0.2) is 4.79 Å². The Morgan fingerprint density at radius 2 is 2.47 bits per heavy atom. The van der Waals surface area contributed by atoms with Gasteiger partial charge in [-0.1, -0.05) is 6.08 Å². The van der Waals surface area contributed by atoms with Gasteiger partial charge in [0.25, 0.3) is 0 Å². The molecule has 1 unspecified atom stereocenters. The summed E-state index contributed by atoms with van der Waals surface area (Å²) in [5, 5.41) is 11.9. The average Bonchev–Trinajstić information content (AvgIpc) is 2.56. The lowest BCUT2D eigenvalue weighted by Gasteiger charge is -2.05. The lowest BCUT2D eigenvalue weighted by molar-refractivity contribution is 0.0659. The number of carboxylic acid groups (broad SMARTS) is 1. The van der Waals surface area contributed by atoms with Crippen molar-refractivity contribution < 1.29 is 14.3 Å². The molecular weight excluding hydrogens is 194 g/mol. The van der Waals surface area contributed by atoms with Crippen molar-refractivity contribution in [2.24, 2.45) is 0 Å². The molecule has 1 rings (SSSR count). The highest BCUT2D eigenvalue weighted by molar-refractivity contribution is 5.86. The zero-order chi connectivity index (χ0) is 11.4. The van der Waals surface area contributed by atoms with Gasteiger partial charge in [0.1, 0.15) is 5.76 Å². The molecule has 15 heavy (non-hydrogen) atoms. The summed E-state index contributed by atoms with van der Waals surface area (Å²) in [7, 11) is 0. The molecule has 0 bridgehead atoms. The van der Waals surface area contributed by atoms with E-state index < -0.39 is 5.97 Å². The van der Waals surface area contributed by atoms with Crippen LogP contribution in [0.3, 0.4) is 0 Å². The first-order valence-corrected chi connectivity index (χ1v) is 4.73. The van der Waals surface area contributed by atoms with Crippen molar-refractivity contribution in [3.05, 3.63) is 35.8 Å². The Kier molecular flexibility index (Phi) is 3.68. The maximum atomic E-state index is 10.7. The van der Waals surface area contributed by atoms with Crippen LogP contribution in [0.15, 0.2) is 23.1 Å². The van der Waals surface area contributed by atoms with Crippen LogP contribution in [0.2, 0.25) is 0 Å². The standard InChI is InChI=1S/C11H15NO3/c1-4-8(3)12-6-9-5-7(2)10(15-9)11(13)14/h4-5,8,12H,1,6H2,2-3H3,(H,13,14). The number of aromatic carboxylic acids is 1. The summed E-state index contributed by atoms with van der Waals surface area (Å²) in [6.45, 7) is 7.81. The van der Waals surface area contributed by atoms with E-state index in [1.165, 1.54) is 0 Å². The molecule has 0 fully saturated rings. The largest absolute Gasteiger partial charge is 0.475 e. The summed E-state index contributed by atoms with van der Waals surface area (Å²) in [4.78, 5) is 10.7. The fraction of sp³-hybridized carbons (Fsp3) is 0.364. The minimum atomic E-state index is -1.03. The molecule has 1 aromatic heterocycles. The number of carboxylic acids is 1. The molecule has 0 spiro atoms. The minimum absolute atomic E-state index is 0.0121. The molecule has 0 amide bonds. The van der Waals surface area contributed by atoms with Crippen molar-refractivity contribution in [2.75, 3.05) is 0 Å². The number of furan rings is 1. The van der Waals surface area contributed by atoms with Crippen LogP contribution in [-0.4, -0.2) is 17.1 Å². The zero-order valence-corrected chi connectivity index (χ0v) is 8.91. The number of aryl methyl sites for hydroxylation is 1. The van der Waals surface area contributed by atoms with Gasteiger partial charge in [0, 0.05) is 11.6 Å². The molecule has 82 valence electrons. The molecule has 0 aliphatic rings. The monoisotopic (exact) mass is 209 g/mol. The Morgan fingerprint density at radius 1 is 1.80 bits per heavy atom. The van der Waals surface area contributed by atoms with Crippen LogP contribution in [0.25, 0.3) is 0 Å². The lowest BCUT2D eigenvalue weighted by atomic mass is 10.2. The number of carbonyl (C=O) groups is 1. The first-order chi connectivity index (χ1) is 7.04. The number of hydrogen-bond donors (Lipinski definition) is 2. The van der Waals surface area contributed by atoms with E-state index in [2.05, 4.69) is 11.9 Å². The molecule has 1 heterocycles. The Labute approximate surface area is 88.6 Å². The van der Waals surface area contributed by atoms with Gasteiger partial charge in [-0.05, 0) is 19.9 Å². The van der Waals surface area contributed by atoms with E-state index in [9.17, 15) is 4.79 Å². The molecule has 4 heteroatoms. The molecule has 1 aromatic rings.